The zero-order chi connectivity index (χ0) is 19.6. The number of furan rings is 1. The smallest absolute Gasteiger partial charge is 0.134 e. The molecule has 0 saturated carbocycles. The minimum atomic E-state index is 0.00802. The van der Waals surface area contributed by atoms with Gasteiger partial charge in [0.2, 0.25) is 0 Å². The first kappa shape index (κ1) is 17.8. The van der Waals surface area contributed by atoms with Crippen LogP contribution in [0.5, 0.6) is 0 Å². The molecule has 1 aromatic heterocycles. The minimum Gasteiger partial charge on any atom is -0.459 e. The zero-order valence-electron chi connectivity index (χ0n) is 15.7. The Kier molecular flexibility index (Phi) is 4.66. The number of para-hydroxylation sites is 1. The standard InChI is InChI=1S/C25H19ClN2O/c26-20-13-11-19(12-14-20)24-15-16-25(29-24)23-17-22(18-7-3-1-4-8-18)27-28(23)21-9-5-2-6-10-21/h1-16,23H,17H2. The Labute approximate surface area is 174 Å². The van der Waals surface area contributed by atoms with Crippen molar-refractivity contribution in [3.63, 3.8) is 0 Å². The molecule has 4 heteroatoms. The Morgan fingerprint density at radius 3 is 2.17 bits per heavy atom. The molecule has 0 bridgehead atoms. The molecule has 1 aliphatic rings. The summed E-state index contributed by atoms with van der Waals surface area (Å²) < 4.78 is 6.27. The number of rotatable bonds is 4. The summed E-state index contributed by atoms with van der Waals surface area (Å²) in [7, 11) is 0. The van der Waals surface area contributed by atoms with Crippen molar-refractivity contribution < 1.29 is 4.42 Å². The molecular weight excluding hydrogens is 380 g/mol. The van der Waals surface area contributed by atoms with Gasteiger partial charge in [-0.2, -0.15) is 5.10 Å². The molecule has 3 nitrogen and oxygen atoms in total. The van der Waals surface area contributed by atoms with Crippen LogP contribution in [0.1, 0.15) is 23.8 Å². The number of hydrogen-bond donors (Lipinski definition) is 0. The maximum atomic E-state index is 6.27. The first-order valence-corrected chi connectivity index (χ1v) is 9.98. The van der Waals surface area contributed by atoms with Gasteiger partial charge in [-0.25, -0.2) is 0 Å². The Balaban J connectivity index is 1.51. The predicted molar refractivity (Wildman–Crippen MR) is 118 cm³/mol. The molecule has 5 rings (SSSR count). The Bertz CT molecular complexity index is 1130. The van der Waals surface area contributed by atoms with Gasteiger partial charge in [-0.15, -0.1) is 0 Å². The number of nitrogens with zero attached hydrogens (tertiary/aromatic N) is 2. The molecule has 1 atom stereocenters. The fourth-order valence-electron chi connectivity index (χ4n) is 3.66. The first-order valence-electron chi connectivity index (χ1n) is 9.61. The van der Waals surface area contributed by atoms with Crippen LogP contribution in [0, 0.1) is 0 Å². The summed E-state index contributed by atoms with van der Waals surface area (Å²) >= 11 is 6.02. The lowest BCUT2D eigenvalue weighted by Gasteiger charge is -2.21. The van der Waals surface area contributed by atoms with Crippen LogP contribution in [0.2, 0.25) is 5.02 Å². The molecule has 3 aromatic carbocycles. The summed E-state index contributed by atoms with van der Waals surface area (Å²) in [5.74, 6) is 1.73. The Hall–Kier alpha value is -3.30. The molecule has 1 unspecified atom stereocenters. The van der Waals surface area contributed by atoms with Crippen molar-refractivity contribution in [2.24, 2.45) is 5.10 Å². The number of benzene rings is 3. The van der Waals surface area contributed by atoms with Crippen molar-refractivity contribution in [1.29, 1.82) is 0 Å². The summed E-state index contributed by atoms with van der Waals surface area (Å²) in [6.07, 6.45) is 0.784. The summed E-state index contributed by atoms with van der Waals surface area (Å²) in [6, 6.07) is 32.3. The fourth-order valence-corrected chi connectivity index (χ4v) is 3.78. The van der Waals surface area contributed by atoms with Crippen LogP contribution >= 0.6 is 11.6 Å². The number of halogens is 1. The van der Waals surface area contributed by atoms with E-state index in [2.05, 4.69) is 29.3 Å². The van der Waals surface area contributed by atoms with Gasteiger partial charge < -0.3 is 4.42 Å². The lowest BCUT2D eigenvalue weighted by molar-refractivity contribution is 0.475. The highest BCUT2D eigenvalue weighted by Gasteiger charge is 2.32. The van der Waals surface area contributed by atoms with Gasteiger partial charge in [0.25, 0.3) is 0 Å². The van der Waals surface area contributed by atoms with Crippen LogP contribution in [0.4, 0.5) is 5.69 Å². The SMILES string of the molecule is Clc1ccc(-c2ccc(C3CC(c4ccccc4)=NN3c3ccccc3)o2)cc1. The summed E-state index contributed by atoms with van der Waals surface area (Å²) in [5.41, 5.74) is 4.26. The van der Waals surface area contributed by atoms with Crippen LogP contribution in [0.25, 0.3) is 11.3 Å². The van der Waals surface area contributed by atoms with E-state index in [0.717, 1.165) is 40.5 Å². The minimum absolute atomic E-state index is 0.00802. The molecule has 0 spiro atoms. The van der Waals surface area contributed by atoms with Crippen molar-refractivity contribution in [3.05, 3.63) is 113 Å². The summed E-state index contributed by atoms with van der Waals surface area (Å²) in [4.78, 5) is 0. The van der Waals surface area contributed by atoms with Crippen LogP contribution in [-0.4, -0.2) is 5.71 Å². The van der Waals surface area contributed by atoms with E-state index in [0.29, 0.717) is 5.02 Å². The van der Waals surface area contributed by atoms with Crippen molar-refractivity contribution in [2.75, 3.05) is 5.01 Å². The quantitative estimate of drug-likeness (QED) is 0.372. The van der Waals surface area contributed by atoms with E-state index in [-0.39, 0.29) is 6.04 Å². The van der Waals surface area contributed by atoms with Crippen LogP contribution in [0.3, 0.4) is 0 Å². The van der Waals surface area contributed by atoms with E-state index in [4.69, 9.17) is 21.1 Å². The lowest BCUT2D eigenvalue weighted by Crippen LogP contribution is -2.17. The zero-order valence-corrected chi connectivity index (χ0v) is 16.5. The van der Waals surface area contributed by atoms with E-state index in [1.807, 2.05) is 72.8 Å². The maximum Gasteiger partial charge on any atom is 0.134 e. The highest BCUT2D eigenvalue weighted by atomic mass is 35.5. The van der Waals surface area contributed by atoms with Crippen molar-refractivity contribution in [2.45, 2.75) is 12.5 Å². The third kappa shape index (κ3) is 3.57. The molecular formula is C25H19ClN2O. The van der Waals surface area contributed by atoms with Crippen molar-refractivity contribution >= 4 is 23.0 Å². The second kappa shape index (κ2) is 7.61. The van der Waals surface area contributed by atoms with Gasteiger partial charge in [-0.3, -0.25) is 5.01 Å². The predicted octanol–water partition coefficient (Wildman–Crippen LogP) is 6.96. The molecule has 0 amide bonds. The molecule has 0 radical (unpaired) electrons. The van der Waals surface area contributed by atoms with Gasteiger partial charge in [0.05, 0.1) is 11.4 Å². The highest BCUT2D eigenvalue weighted by Crippen LogP contribution is 2.38. The third-order valence-corrected chi connectivity index (χ3v) is 5.37. The van der Waals surface area contributed by atoms with Crippen molar-refractivity contribution in [1.82, 2.24) is 0 Å². The summed E-state index contributed by atoms with van der Waals surface area (Å²) in [6.45, 7) is 0. The van der Waals surface area contributed by atoms with Gasteiger partial charge in [-0.05, 0) is 54.1 Å². The Morgan fingerprint density at radius 1 is 0.759 bits per heavy atom. The third-order valence-electron chi connectivity index (χ3n) is 5.12. The van der Waals surface area contributed by atoms with Gasteiger partial charge in [-0.1, -0.05) is 60.1 Å². The van der Waals surface area contributed by atoms with Gasteiger partial charge >= 0.3 is 0 Å². The normalized spacial score (nSPS) is 16.1. The summed E-state index contributed by atoms with van der Waals surface area (Å²) in [5, 5.41) is 7.73. The van der Waals surface area contributed by atoms with Crippen LogP contribution in [0.15, 0.2) is 107 Å². The second-order valence-corrected chi connectivity index (χ2v) is 7.46. The monoisotopic (exact) mass is 398 g/mol. The van der Waals surface area contributed by atoms with Gasteiger partial charge in [0.15, 0.2) is 0 Å². The number of hydrogen-bond acceptors (Lipinski definition) is 3. The Morgan fingerprint density at radius 2 is 1.45 bits per heavy atom. The fraction of sp³-hybridized carbons (Fsp3) is 0.0800. The molecule has 29 heavy (non-hydrogen) atoms. The number of hydrazone groups is 1. The molecule has 1 aliphatic heterocycles. The van der Waals surface area contributed by atoms with E-state index in [1.54, 1.807) is 0 Å². The molecule has 0 N–H and O–H groups in total. The van der Waals surface area contributed by atoms with Crippen LogP contribution < -0.4 is 5.01 Å². The van der Waals surface area contributed by atoms with E-state index >= 15 is 0 Å². The maximum absolute atomic E-state index is 6.27. The van der Waals surface area contributed by atoms with E-state index in [9.17, 15) is 0 Å². The average Bonchev–Trinajstić information content (AvgIpc) is 3.43. The molecule has 142 valence electrons. The first-order chi connectivity index (χ1) is 14.3. The largest absolute Gasteiger partial charge is 0.459 e. The van der Waals surface area contributed by atoms with Gasteiger partial charge in [0, 0.05) is 17.0 Å². The topological polar surface area (TPSA) is 28.7 Å². The van der Waals surface area contributed by atoms with Crippen molar-refractivity contribution in [3.8, 4) is 11.3 Å². The molecule has 0 saturated heterocycles. The van der Waals surface area contributed by atoms with Crippen LogP contribution in [-0.2, 0) is 0 Å². The molecule has 2 heterocycles. The average molecular weight is 399 g/mol. The highest BCUT2D eigenvalue weighted by molar-refractivity contribution is 6.30. The molecule has 4 aromatic rings. The molecule has 0 fully saturated rings. The molecule has 0 aliphatic carbocycles. The van der Waals surface area contributed by atoms with Gasteiger partial charge in [0.1, 0.15) is 17.6 Å². The second-order valence-electron chi connectivity index (χ2n) is 7.02. The van der Waals surface area contributed by atoms with E-state index < -0.39 is 0 Å². The lowest BCUT2D eigenvalue weighted by atomic mass is 10.0. The van der Waals surface area contributed by atoms with E-state index in [1.165, 1.54) is 0 Å². The number of anilines is 1.